The molecule has 0 aliphatic heterocycles. The van der Waals surface area contributed by atoms with Crippen molar-refractivity contribution in [3.05, 3.63) is 35.4 Å². The molecule has 0 aliphatic carbocycles. The lowest BCUT2D eigenvalue weighted by molar-refractivity contribution is -0.148. The number of hydrogen-bond acceptors (Lipinski definition) is 5. The number of amides is 3. The minimum absolute atomic E-state index is 0.228. The van der Waals surface area contributed by atoms with E-state index in [0.717, 1.165) is 4.90 Å². The van der Waals surface area contributed by atoms with Gasteiger partial charge in [0.25, 0.3) is 17.7 Å². The van der Waals surface area contributed by atoms with Gasteiger partial charge < -0.3 is 15.3 Å². The van der Waals surface area contributed by atoms with E-state index in [1.165, 1.54) is 45.6 Å². The van der Waals surface area contributed by atoms with Crippen LogP contribution in [0.5, 0.6) is 0 Å². The van der Waals surface area contributed by atoms with Crippen LogP contribution in [0.2, 0.25) is 0 Å². The Morgan fingerprint density at radius 3 is 2.20 bits per heavy atom. The summed E-state index contributed by atoms with van der Waals surface area (Å²) in [7, 11) is 2.60. The fourth-order valence-electron chi connectivity index (χ4n) is 2.04. The van der Waals surface area contributed by atoms with Crippen LogP contribution < -0.4 is 10.8 Å². The average Bonchev–Trinajstić information content (AvgIpc) is 2.63. The van der Waals surface area contributed by atoms with E-state index in [9.17, 15) is 14.4 Å². The van der Waals surface area contributed by atoms with Crippen LogP contribution in [0.25, 0.3) is 0 Å². The first-order valence-corrected chi connectivity index (χ1v) is 7.43. The van der Waals surface area contributed by atoms with Crippen LogP contribution in [-0.2, 0) is 9.59 Å². The molecule has 0 radical (unpaired) electrons. The average molecular weight is 347 g/mol. The number of hydrogen-bond donors (Lipinski definition) is 4. The maximum Gasteiger partial charge on any atom is 0.278 e. The van der Waals surface area contributed by atoms with Gasteiger partial charge in [-0.25, -0.2) is 5.48 Å². The predicted octanol–water partition coefficient (Wildman–Crippen LogP) is -0.499. The van der Waals surface area contributed by atoms with Crippen molar-refractivity contribution in [1.29, 1.82) is 0 Å². The van der Waals surface area contributed by atoms with Crippen LogP contribution in [-0.4, -0.2) is 58.7 Å². The summed E-state index contributed by atoms with van der Waals surface area (Å²) in [6, 6.07) is 6.15. The Kier molecular flexibility index (Phi) is 6.68. The summed E-state index contributed by atoms with van der Waals surface area (Å²) < 4.78 is 0. The van der Waals surface area contributed by atoms with E-state index in [0.29, 0.717) is 5.56 Å². The van der Waals surface area contributed by atoms with Crippen molar-refractivity contribution in [3.8, 4) is 11.8 Å². The zero-order valence-corrected chi connectivity index (χ0v) is 14.5. The number of carbonyl (C=O) groups excluding carboxylic acids is 3. The zero-order chi connectivity index (χ0) is 19.2. The molecule has 8 nitrogen and oxygen atoms in total. The first kappa shape index (κ1) is 20.2. The quantitative estimate of drug-likeness (QED) is 0.253. The molecule has 1 aromatic rings. The molecule has 1 rings (SSSR count). The molecule has 134 valence electrons. The molecular formula is C17H21N3O5. The molecule has 3 amide bonds. The van der Waals surface area contributed by atoms with E-state index in [1.54, 1.807) is 12.1 Å². The van der Waals surface area contributed by atoms with Crippen molar-refractivity contribution in [2.75, 3.05) is 14.1 Å². The first-order valence-electron chi connectivity index (χ1n) is 7.43. The second-order valence-corrected chi connectivity index (χ2v) is 5.48. The molecule has 0 aromatic heterocycles. The highest BCUT2D eigenvalue weighted by molar-refractivity contribution is 6.12. The van der Waals surface area contributed by atoms with Crippen LogP contribution in [0.1, 0.15) is 29.8 Å². The van der Waals surface area contributed by atoms with Gasteiger partial charge >= 0.3 is 0 Å². The van der Waals surface area contributed by atoms with Gasteiger partial charge in [0.05, 0.1) is 0 Å². The summed E-state index contributed by atoms with van der Waals surface area (Å²) >= 11 is 0. The lowest BCUT2D eigenvalue weighted by Gasteiger charge is -2.34. The summed E-state index contributed by atoms with van der Waals surface area (Å²) in [5.74, 6) is 2.93. The number of carbonyl (C=O) groups is 3. The van der Waals surface area contributed by atoms with E-state index >= 15 is 0 Å². The number of benzene rings is 1. The van der Waals surface area contributed by atoms with E-state index in [4.69, 9.17) is 10.3 Å². The summed E-state index contributed by atoms with van der Waals surface area (Å²) in [4.78, 5) is 37.6. The molecule has 0 spiro atoms. The van der Waals surface area contributed by atoms with Crippen LogP contribution in [0.4, 0.5) is 0 Å². The van der Waals surface area contributed by atoms with Gasteiger partial charge in [0.2, 0.25) is 0 Å². The molecule has 2 unspecified atom stereocenters. The minimum atomic E-state index is -1.94. The molecule has 0 saturated heterocycles. The van der Waals surface area contributed by atoms with Gasteiger partial charge in [0.15, 0.2) is 5.54 Å². The van der Waals surface area contributed by atoms with Crippen LogP contribution in [0.3, 0.4) is 0 Å². The number of nitrogens with zero attached hydrogens (tertiary/aromatic N) is 1. The minimum Gasteiger partial charge on any atom is -0.381 e. The molecule has 4 N–H and O–H groups in total. The Bertz CT molecular complexity index is 700. The number of nitrogens with one attached hydrogen (secondary N) is 2. The van der Waals surface area contributed by atoms with Crippen LogP contribution in [0, 0.1) is 11.8 Å². The molecule has 0 aliphatic rings. The Morgan fingerprint density at radius 1 is 1.20 bits per heavy atom. The molecule has 0 bridgehead atoms. The molecule has 0 saturated carbocycles. The van der Waals surface area contributed by atoms with Crippen molar-refractivity contribution < 1.29 is 24.7 Å². The topological polar surface area (TPSA) is 119 Å². The number of likely N-dealkylation sites (N-methyl/N-ethyl adjacent to an activating group) is 2. The third-order valence-electron chi connectivity index (χ3n) is 3.75. The monoisotopic (exact) mass is 347 g/mol. The molecule has 8 heteroatoms. The molecule has 0 heterocycles. The zero-order valence-electron chi connectivity index (χ0n) is 14.5. The normalized spacial score (nSPS) is 13.5. The second-order valence-electron chi connectivity index (χ2n) is 5.48. The highest BCUT2D eigenvalue weighted by Gasteiger charge is 2.47. The Morgan fingerprint density at radius 2 is 1.76 bits per heavy atom. The Hall–Kier alpha value is -2.89. The third-order valence-corrected chi connectivity index (χ3v) is 3.75. The van der Waals surface area contributed by atoms with Gasteiger partial charge in [0.1, 0.15) is 6.10 Å². The lowest BCUT2D eigenvalue weighted by Crippen LogP contribution is -2.64. The SMILES string of the molecule is CNC(=O)C(C)(C(=O)NO)N(C)C(=O)c1ccc(C#CC(C)O)cc1. The van der Waals surface area contributed by atoms with Gasteiger partial charge in [-0.2, -0.15) is 0 Å². The highest BCUT2D eigenvalue weighted by atomic mass is 16.5. The van der Waals surface area contributed by atoms with Gasteiger partial charge in [0, 0.05) is 25.2 Å². The molecule has 2 atom stereocenters. The summed E-state index contributed by atoms with van der Waals surface area (Å²) in [6.45, 7) is 2.75. The van der Waals surface area contributed by atoms with Crippen molar-refractivity contribution in [2.45, 2.75) is 25.5 Å². The maximum absolute atomic E-state index is 12.6. The largest absolute Gasteiger partial charge is 0.381 e. The second kappa shape index (κ2) is 8.28. The number of aliphatic hydroxyl groups is 1. The van der Waals surface area contributed by atoms with E-state index in [2.05, 4.69) is 17.2 Å². The lowest BCUT2D eigenvalue weighted by atomic mass is 9.96. The van der Waals surface area contributed by atoms with E-state index in [-0.39, 0.29) is 5.56 Å². The van der Waals surface area contributed by atoms with E-state index < -0.39 is 29.4 Å². The van der Waals surface area contributed by atoms with Crippen LogP contribution in [0.15, 0.2) is 24.3 Å². The van der Waals surface area contributed by atoms with Crippen molar-refractivity contribution in [1.82, 2.24) is 15.7 Å². The first-order chi connectivity index (χ1) is 11.7. The predicted molar refractivity (Wildman–Crippen MR) is 89.5 cm³/mol. The van der Waals surface area contributed by atoms with Crippen molar-refractivity contribution >= 4 is 17.7 Å². The Labute approximate surface area is 145 Å². The molecular weight excluding hydrogens is 326 g/mol. The summed E-state index contributed by atoms with van der Waals surface area (Å²) in [6.07, 6.45) is -0.766. The maximum atomic E-state index is 12.6. The van der Waals surface area contributed by atoms with Gasteiger partial charge in [-0.3, -0.25) is 19.6 Å². The fourth-order valence-corrected chi connectivity index (χ4v) is 2.04. The van der Waals surface area contributed by atoms with Crippen molar-refractivity contribution in [2.24, 2.45) is 0 Å². The molecule has 1 aromatic carbocycles. The van der Waals surface area contributed by atoms with Gasteiger partial charge in [-0.05, 0) is 38.1 Å². The van der Waals surface area contributed by atoms with Crippen molar-refractivity contribution in [3.63, 3.8) is 0 Å². The molecule has 0 fully saturated rings. The summed E-state index contributed by atoms with van der Waals surface area (Å²) in [5, 5.41) is 20.3. The Balaban J connectivity index is 3.14. The third kappa shape index (κ3) is 4.35. The fraction of sp³-hybridized carbons (Fsp3) is 0.353. The number of rotatable bonds is 4. The number of aliphatic hydroxyl groups excluding tert-OH is 1. The smallest absolute Gasteiger partial charge is 0.278 e. The highest BCUT2D eigenvalue weighted by Crippen LogP contribution is 2.18. The molecule has 25 heavy (non-hydrogen) atoms. The number of hydroxylamine groups is 1. The van der Waals surface area contributed by atoms with Gasteiger partial charge in [-0.15, -0.1) is 0 Å². The van der Waals surface area contributed by atoms with Crippen LogP contribution >= 0.6 is 0 Å². The standard InChI is InChI=1S/C17H21N3O5/c1-11(21)5-6-12-7-9-13(10-8-12)14(22)20(4)17(2,15(23)18-3)16(24)19-25/h7-11,21,25H,1-4H3,(H,18,23)(H,19,24). The van der Waals surface area contributed by atoms with Gasteiger partial charge in [-0.1, -0.05) is 11.8 Å². The summed E-state index contributed by atoms with van der Waals surface area (Å²) in [5.41, 5.74) is 0.297. The van der Waals surface area contributed by atoms with E-state index in [1.807, 2.05) is 0 Å².